The van der Waals surface area contributed by atoms with E-state index in [1.807, 2.05) is 0 Å². The zero-order chi connectivity index (χ0) is 11.0. The molecule has 3 nitrogen and oxygen atoms in total. The monoisotopic (exact) mass is 283 g/mol. The second kappa shape index (κ2) is 4.10. The lowest BCUT2D eigenvalue weighted by atomic mass is 10.3. The fraction of sp³-hybridized carbons (Fsp3) is 1.00. The summed E-state index contributed by atoms with van der Waals surface area (Å²) >= 11 is 3.50. The van der Waals surface area contributed by atoms with Crippen LogP contribution in [0.3, 0.4) is 0 Å². The van der Waals surface area contributed by atoms with Gasteiger partial charge in [0.05, 0.1) is 4.75 Å². The molecule has 0 aromatic heterocycles. The van der Waals surface area contributed by atoms with E-state index in [-0.39, 0.29) is 6.04 Å². The number of alkyl halides is 1. The molecule has 0 radical (unpaired) electrons. The Kier molecular flexibility index (Phi) is 3.65. The molecule has 0 heterocycles. The van der Waals surface area contributed by atoms with E-state index >= 15 is 0 Å². The van der Waals surface area contributed by atoms with Crippen LogP contribution in [0.15, 0.2) is 0 Å². The Hall–Kier alpha value is 0.390. The Bertz CT molecular complexity index is 294. The van der Waals surface area contributed by atoms with Crippen molar-refractivity contribution in [3.63, 3.8) is 0 Å². The van der Waals surface area contributed by atoms with Gasteiger partial charge in [0.2, 0.25) is 10.0 Å². The van der Waals surface area contributed by atoms with Gasteiger partial charge in [-0.25, -0.2) is 13.1 Å². The van der Waals surface area contributed by atoms with Crippen molar-refractivity contribution in [2.24, 2.45) is 0 Å². The first-order valence-electron chi connectivity index (χ1n) is 4.90. The minimum absolute atomic E-state index is 0.0687. The molecule has 0 bridgehead atoms. The Morgan fingerprint density at radius 1 is 1.29 bits per heavy atom. The third-order valence-electron chi connectivity index (χ3n) is 2.54. The molecular formula is C9H18BrNO2S. The van der Waals surface area contributed by atoms with Crippen molar-refractivity contribution in [2.75, 3.05) is 0 Å². The van der Waals surface area contributed by atoms with Crippen LogP contribution in [0.1, 0.15) is 40.0 Å². The van der Waals surface area contributed by atoms with Gasteiger partial charge in [-0.1, -0.05) is 22.4 Å². The van der Waals surface area contributed by atoms with Gasteiger partial charge in [0.1, 0.15) is 0 Å². The van der Waals surface area contributed by atoms with Gasteiger partial charge >= 0.3 is 0 Å². The van der Waals surface area contributed by atoms with E-state index in [1.165, 1.54) is 0 Å². The predicted octanol–water partition coefficient (Wildman–Crippen LogP) is 2.02. The fourth-order valence-corrected chi connectivity index (χ4v) is 3.35. The van der Waals surface area contributed by atoms with E-state index < -0.39 is 14.8 Å². The Balaban J connectivity index is 2.69. The lowest BCUT2D eigenvalue weighted by molar-refractivity contribution is 0.524. The molecule has 0 aromatic rings. The smallest absolute Gasteiger partial charge is 0.212 e. The van der Waals surface area contributed by atoms with E-state index in [4.69, 9.17) is 0 Å². The molecule has 1 saturated carbocycles. The second-order valence-corrected chi connectivity index (χ2v) is 8.43. The maximum Gasteiger partial charge on any atom is 0.216 e. The average Bonchev–Trinajstić information content (AvgIpc) is 2.33. The lowest BCUT2D eigenvalue weighted by Crippen LogP contribution is -2.46. The third-order valence-corrected chi connectivity index (χ3v) is 5.87. The summed E-state index contributed by atoms with van der Waals surface area (Å²) in [6, 6.07) is 0.0687. The molecule has 1 aliphatic rings. The minimum Gasteiger partial charge on any atom is -0.212 e. The standard InChI is InChI=1S/C9H18BrNO2S/c1-9(2,3)14(12,13)11-8-6-4-5-7(8)10/h7-8,11H,4-6H2,1-3H3. The van der Waals surface area contributed by atoms with Gasteiger partial charge < -0.3 is 0 Å². The van der Waals surface area contributed by atoms with Crippen molar-refractivity contribution in [3.8, 4) is 0 Å². The van der Waals surface area contributed by atoms with Gasteiger partial charge in [0, 0.05) is 10.9 Å². The van der Waals surface area contributed by atoms with Gasteiger partial charge in [-0.3, -0.25) is 0 Å². The molecule has 0 amide bonds. The molecule has 5 heteroatoms. The first-order valence-corrected chi connectivity index (χ1v) is 7.30. The summed E-state index contributed by atoms with van der Waals surface area (Å²) in [6.07, 6.45) is 3.08. The van der Waals surface area contributed by atoms with Crippen molar-refractivity contribution in [2.45, 2.75) is 55.6 Å². The van der Waals surface area contributed by atoms with Crippen molar-refractivity contribution < 1.29 is 8.42 Å². The zero-order valence-electron chi connectivity index (χ0n) is 8.88. The van der Waals surface area contributed by atoms with Crippen molar-refractivity contribution >= 4 is 26.0 Å². The summed E-state index contributed by atoms with van der Waals surface area (Å²) in [7, 11) is -3.19. The molecule has 1 rings (SSSR count). The molecule has 0 saturated heterocycles. The van der Waals surface area contributed by atoms with Crippen LogP contribution in [0, 0.1) is 0 Å². The van der Waals surface area contributed by atoms with Crippen LogP contribution in [-0.4, -0.2) is 24.0 Å². The predicted molar refractivity (Wildman–Crippen MR) is 62.2 cm³/mol. The number of nitrogens with one attached hydrogen (secondary N) is 1. The summed E-state index contributed by atoms with van der Waals surface area (Å²) in [5.41, 5.74) is 0. The quantitative estimate of drug-likeness (QED) is 0.789. The number of hydrogen-bond donors (Lipinski definition) is 1. The normalized spacial score (nSPS) is 29.4. The van der Waals surface area contributed by atoms with Gasteiger partial charge in [-0.15, -0.1) is 0 Å². The summed E-state index contributed by atoms with van der Waals surface area (Å²) in [4.78, 5) is 0.291. The van der Waals surface area contributed by atoms with Crippen LogP contribution >= 0.6 is 15.9 Å². The molecule has 1 fully saturated rings. The van der Waals surface area contributed by atoms with E-state index in [0.717, 1.165) is 19.3 Å². The molecule has 0 aromatic carbocycles. The highest BCUT2D eigenvalue weighted by molar-refractivity contribution is 9.09. The third kappa shape index (κ3) is 2.70. The number of halogens is 1. The van der Waals surface area contributed by atoms with E-state index in [1.54, 1.807) is 20.8 Å². The van der Waals surface area contributed by atoms with Crippen molar-refractivity contribution in [1.29, 1.82) is 0 Å². The molecule has 2 unspecified atom stereocenters. The highest BCUT2D eigenvalue weighted by atomic mass is 79.9. The Morgan fingerprint density at radius 2 is 1.86 bits per heavy atom. The largest absolute Gasteiger partial charge is 0.216 e. The van der Waals surface area contributed by atoms with Gasteiger partial charge in [0.15, 0.2) is 0 Å². The minimum atomic E-state index is -3.19. The number of hydrogen-bond acceptors (Lipinski definition) is 2. The SMILES string of the molecule is CC(C)(C)S(=O)(=O)NC1CCCC1Br. The second-order valence-electron chi connectivity index (χ2n) is 4.79. The van der Waals surface area contributed by atoms with Crippen LogP contribution in [0.25, 0.3) is 0 Å². The lowest BCUT2D eigenvalue weighted by Gasteiger charge is -2.24. The zero-order valence-corrected chi connectivity index (χ0v) is 11.3. The van der Waals surface area contributed by atoms with Crippen LogP contribution in [0.2, 0.25) is 0 Å². The van der Waals surface area contributed by atoms with Crippen molar-refractivity contribution in [1.82, 2.24) is 4.72 Å². The summed E-state index contributed by atoms with van der Waals surface area (Å²) in [5.74, 6) is 0. The van der Waals surface area contributed by atoms with E-state index in [2.05, 4.69) is 20.7 Å². The molecule has 1 N–H and O–H groups in total. The summed E-state index contributed by atoms with van der Waals surface area (Å²) in [6.45, 7) is 5.15. The first kappa shape index (κ1) is 12.5. The van der Waals surface area contributed by atoms with Gasteiger partial charge in [-0.2, -0.15) is 0 Å². The Morgan fingerprint density at radius 3 is 2.21 bits per heavy atom. The van der Waals surface area contributed by atoms with Crippen LogP contribution in [0.5, 0.6) is 0 Å². The maximum absolute atomic E-state index is 11.8. The van der Waals surface area contributed by atoms with Crippen LogP contribution in [0.4, 0.5) is 0 Å². The van der Waals surface area contributed by atoms with Crippen LogP contribution in [-0.2, 0) is 10.0 Å². The molecule has 0 aliphatic heterocycles. The van der Waals surface area contributed by atoms with Crippen molar-refractivity contribution in [3.05, 3.63) is 0 Å². The molecule has 0 spiro atoms. The molecule has 1 aliphatic carbocycles. The van der Waals surface area contributed by atoms with Gasteiger partial charge in [0.25, 0.3) is 0 Å². The molecular weight excluding hydrogens is 266 g/mol. The summed E-state index contributed by atoms with van der Waals surface area (Å²) in [5, 5.41) is 0. The molecule has 14 heavy (non-hydrogen) atoms. The van der Waals surface area contributed by atoms with E-state index in [0.29, 0.717) is 4.83 Å². The maximum atomic E-state index is 11.8. The Labute approximate surface area is 94.8 Å². The first-order chi connectivity index (χ1) is 6.24. The number of rotatable bonds is 2. The molecule has 84 valence electrons. The average molecular weight is 284 g/mol. The van der Waals surface area contributed by atoms with Crippen LogP contribution < -0.4 is 4.72 Å². The number of sulfonamides is 1. The summed E-state index contributed by atoms with van der Waals surface area (Å²) < 4.78 is 25.7. The fourth-order valence-electron chi connectivity index (χ4n) is 1.42. The highest BCUT2D eigenvalue weighted by Gasteiger charge is 2.35. The van der Waals surface area contributed by atoms with E-state index in [9.17, 15) is 8.42 Å². The molecule has 2 atom stereocenters. The van der Waals surface area contributed by atoms with Gasteiger partial charge in [-0.05, 0) is 33.6 Å². The highest BCUT2D eigenvalue weighted by Crippen LogP contribution is 2.27. The topological polar surface area (TPSA) is 46.2 Å².